The number of methoxy groups -OCH3 is 1. The van der Waals surface area contributed by atoms with Crippen LogP contribution < -0.4 is 5.32 Å². The fraction of sp³-hybridized carbons (Fsp3) is 0.917. The number of esters is 1. The number of nitrogens with one attached hydrogen (secondary N) is 1. The largest absolute Gasteiger partial charge is 0.468 e. The summed E-state index contributed by atoms with van der Waals surface area (Å²) in [5.74, 6) is 0.429. The van der Waals surface area contributed by atoms with Gasteiger partial charge in [0.15, 0.2) is 0 Å². The van der Waals surface area contributed by atoms with Gasteiger partial charge in [0.25, 0.3) is 0 Å². The van der Waals surface area contributed by atoms with Gasteiger partial charge in [-0.25, -0.2) is 0 Å². The first-order valence-electron chi connectivity index (χ1n) is 6.15. The molecule has 1 aliphatic rings. The van der Waals surface area contributed by atoms with Crippen molar-refractivity contribution in [3.8, 4) is 0 Å². The molecule has 0 bridgehead atoms. The van der Waals surface area contributed by atoms with Crippen LogP contribution in [0.1, 0.15) is 38.5 Å². The van der Waals surface area contributed by atoms with Crippen LogP contribution in [0, 0.1) is 5.92 Å². The van der Waals surface area contributed by atoms with E-state index in [-0.39, 0.29) is 18.7 Å². The van der Waals surface area contributed by atoms with Crippen LogP contribution in [0.15, 0.2) is 0 Å². The molecule has 0 saturated carbocycles. The molecule has 0 spiro atoms. The van der Waals surface area contributed by atoms with Gasteiger partial charge in [0, 0.05) is 0 Å². The molecule has 0 aromatic heterocycles. The van der Waals surface area contributed by atoms with Crippen LogP contribution in [0.4, 0.5) is 4.39 Å². The Kier molecular flexibility index (Phi) is 6.38. The SMILES string of the molecule is COC(=O)C1CC(CCCCCF)CCN1. The van der Waals surface area contributed by atoms with E-state index in [9.17, 15) is 9.18 Å². The van der Waals surface area contributed by atoms with E-state index in [1.54, 1.807) is 0 Å². The standard InChI is InChI=1S/C12H22FNO2/c1-16-12(15)11-9-10(6-8-14-11)5-3-2-4-7-13/h10-11,14H,2-9H2,1H3. The second-order valence-corrected chi connectivity index (χ2v) is 4.46. The Bertz CT molecular complexity index is 211. The molecule has 16 heavy (non-hydrogen) atoms. The van der Waals surface area contributed by atoms with Crippen molar-refractivity contribution in [1.29, 1.82) is 0 Å². The minimum atomic E-state index is -0.211. The normalized spacial score (nSPS) is 25.4. The maximum absolute atomic E-state index is 11.9. The topological polar surface area (TPSA) is 38.3 Å². The Morgan fingerprint density at radius 1 is 1.44 bits per heavy atom. The van der Waals surface area contributed by atoms with Gasteiger partial charge in [-0.05, 0) is 31.7 Å². The van der Waals surface area contributed by atoms with Gasteiger partial charge in [-0.15, -0.1) is 0 Å². The quantitative estimate of drug-likeness (QED) is 0.561. The molecule has 4 heteroatoms. The van der Waals surface area contributed by atoms with Crippen molar-refractivity contribution in [2.24, 2.45) is 5.92 Å². The highest BCUT2D eigenvalue weighted by Crippen LogP contribution is 2.22. The van der Waals surface area contributed by atoms with Crippen LogP contribution in [-0.4, -0.2) is 32.3 Å². The number of carbonyl (C=O) groups is 1. The molecule has 0 aliphatic carbocycles. The van der Waals surface area contributed by atoms with Crippen molar-refractivity contribution in [3.63, 3.8) is 0 Å². The van der Waals surface area contributed by atoms with Gasteiger partial charge in [0.05, 0.1) is 13.8 Å². The van der Waals surface area contributed by atoms with Gasteiger partial charge in [-0.3, -0.25) is 9.18 Å². The number of hydrogen-bond acceptors (Lipinski definition) is 3. The predicted molar refractivity (Wildman–Crippen MR) is 61.0 cm³/mol. The molecule has 0 aromatic rings. The summed E-state index contributed by atoms with van der Waals surface area (Å²) < 4.78 is 16.6. The van der Waals surface area contributed by atoms with Crippen LogP contribution in [0.25, 0.3) is 0 Å². The molecule has 2 atom stereocenters. The summed E-state index contributed by atoms with van der Waals surface area (Å²) in [6, 6.07) is -0.134. The van der Waals surface area contributed by atoms with Gasteiger partial charge < -0.3 is 10.1 Å². The summed E-state index contributed by atoms with van der Waals surface area (Å²) in [5, 5.41) is 3.17. The number of piperidine rings is 1. The van der Waals surface area contributed by atoms with E-state index in [1.165, 1.54) is 7.11 Å². The summed E-state index contributed by atoms with van der Waals surface area (Å²) >= 11 is 0. The fourth-order valence-electron chi connectivity index (χ4n) is 2.28. The third-order valence-electron chi connectivity index (χ3n) is 3.24. The highest BCUT2D eigenvalue weighted by molar-refractivity contribution is 5.75. The van der Waals surface area contributed by atoms with E-state index in [0.29, 0.717) is 12.3 Å². The summed E-state index contributed by atoms with van der Waals surface area (Å²) in [7, 11) is 1.43. The average molecular weight is 231 g/mol. The zero-order valence-electron chi connectivity index (χ0n) is 10.0. The molecular formula is C12H22FNO2. The number of ether oxygens (including phenoxy) is 1. The number of halogens is 1. The van der Waals surface area contributed by atoms with Gasteiger partial charge >= 0.3 is 5.97 Å². The summed E-state index contributed by atoms with van der Waals surface area (Å²) in [6.45, 7) is 0.671. The van der Waals surface area contributed by atoms with Crippen LogP contribution in [-0.2, 0) is 9.53 Å². The monoisotopic (exact) mass is 231 g/mol. The van der Waals surface area contributed by atoms with Gasteiger partial charge in [-0.2, -0.15) is 0 Å². The zero-order chi connectivity index (χ0) is 11.8. The molecule has 1 rings (SSSR count). The second kappa shape index (κ2) is 7.60. The van der Waals surface area contributed by atoms with Gasteiger partial charge in [-0.1, -0.05) is 19.3 Å². The molecule has 0 radical (unpaired) electrons. The smallest absolute Gasteiger partial charge is 0.322 e. The van der Waals surface area contributed by atoms with E-state index >= 15 is 0 Å². The maximum Gasteiger partial charge on any atom is 0.322 e. The van der Waals surface area contributed by atoms with E-state index < -0.39 is 0 Å². The van der Waals surface area contributed by atoms with E-state index in [0.717, 1.165) is 38.6 Å². The molecule has 0 amide bonds. The molecule has 3 nitrogen and oxygen atoms in total. The first-order chi connectivity index (χ1) is 7.77. The molecule has 94 valence electrons. The first-order valence-corrected chi connectivity index (χ1v) is 6.15. The molecule has 1 heterocycles. The van der Waals surface area contributed by atoms with Crippen molar-refractivity contribution in [2.75, 3.05) is 20.3 Å². The first kappa shape index (κ1) is 13.4. The molecule has 1 saturated heterocycles. The number of unbranched alkanes of at least 4 members (excludes halogenated alkanes) is 2. The lowest BCUT2D eigenvalue weighted by molar-refractivity contribution is -0.144. The Balaban J connectivity index is 2.20. The van der Waals surface area contributed by atoms with Crippen molar-refractivity contribution in [3.05, 3.63) is 0 Å². The van der Waals surface area contributed by atoms with E-state index in [2.05, 4.69) is 5.32 Å². The molecule has 1 aliphatic heterocycles. The van der Waals surface area contributed by atoms with Crippen LogP contribution >= 0.6 is 0 Å². The van der Waals surface area contributed by atoms with Crippen LogP contribution in [0.3, 0.4) is 0 Å². The Morgan fingerprint density at radius 2 is 2.25 bits per heavy atom. The lowest BCUT2D eigenvalue weighted by atomic mass is 9.88. The van der Waals surface area contributed by atoms with E-state index in [4.69, 9.17) is 4.74 Å². The number of carbonyl (C=O) groups excluding carboxylic acids is 1. The molecular weight excluding hydrogens is 209 g/mol. The summed E-state index contributed by atoms with van der Waals surface area (Å²) in [5.41, 5.74) is 0. The molecule has 1 N–H and O–H groups in total. The third kappa shape index (κ3) is 4.47. The molecule has 1 fully saturated rings. The van der Waals surface area contributed by atoms with Crippen molar-refractivity contribution < 1.29 is 13.9 Å². The summed E-state index contributed by atoms with van der Waals surface area (Å²) in [4.78, 5) is 11.4. The highest BCUT2D eigenvalue weighted by atomic mass is 19.1. The zero-order valence-corrected chi connectivity index (χ0v) is 10.0. The van der Waals surface area contributed by atoms with Crippen molar-refractivity contribution in [1.82, 2.24) is 5.32 Å². The average Bonchev–Trinajstić information content (AvgIpc) is 2.34. The number of rotatable bonds is 6. The lowest BCUT2D eigenvalue weighted by Crippen LogP contribution is -2.44. The van der Waals surface area contributed by atoms with E-state index in [1.807, 2.05) is 0 Å². The Morgan fingerprint density at radius 3 is 2.94 bits per heavy atom. The van der Waals surface area contributed by atoms with Crippen LogP contribution in [0.2, 0.25) is 0 Å². The van der Waals surface area contributed by atoms with Crippen molar-refractivity contribution >= 4 is 5.97 Å². The number of hydrogen-bond donors (Lipinski definition) is 1. The van der Waals surface area contributed by atoms with Gasteiger partial charge in [0.1, 0.15) is 6.04 Å². The Hall–Kier alpha value is -0.640. The second-order valence-electron chi connectivity index (χ2n) is 4.46. The molecule has 0 aromatic carbocycles. The minimum absolute atomic E-state index is 0.134. The fourth-order valence-corrected chi connectivity index (χ4v) is 2.28. The minimum Gasteiger partial charge on any atom is -0.468 e. The van der Waals surface area contributed by atoms with Crippen LogP contribution in [0.5, 0.6) is 0 Å². The maximum atomic E-state index is 11.9. The third-order valence-corrected chi connectivity index (χ3v) is 3.24. The lowest BCUT2D eigenvalue weighted by Gasteiger charge is -2.28. The highest BCUT2D eigenvalue weighted by Gasteiger charge is 2.26. The Labute approximate surface area is 96.7 Å². The predicted octanol–water partition coefficient (Wildman–Crippen LogP) is 2.06. The van der Waals surface area contributed by atoms with Gasteiger partial charge in [0.2, 0.25) is 0 Å². The summed E-state index contributed by atoms with van der Waals surface area (Å²) in [6.07, 6.45) is 5.79. The van der Waals surface area contributed by atoms with Crippen molar-refractivity contribution in [2.45, 2.75) is 44.6 Å². The molecule has 2 unspecified atom stereocenters. The number of alkyl halides is 1.